The Kier molecular flexibility index (Phi) is 5.57. The molecule has 166 valence electrons. The number of fused-ring (bicyclic) bond motifs is 4. The van der Waals surface area contributed by atoms with Crippen LogP contribution in [0.3, 0.4) is 0 Å². The monoisotopic (exact) mass is 438 g/mol. The van der Waals surface area contributed by atoms with E-state index in [0.717, 1.165) is 60.7 Å². The van der Waals surface area contributed by atoms with Gasteiger partial charge in [-0.3, -0.25) is 14.5 Å². The lowest BCUT2D eigenvalue weighted by Crippen LogP contribution is -2.47. The molecular formula is C27H26N4O2. The van der Waals surface area contributed by atoms with Crippen LogP contribution < -0.4 is 10.9 Å². The van der Waals surface area contributed by atoms with Gasteiger partial charge in [0.25, 0.3) is 5.56 Å². The van der Waals surface area contributed by atoms with E-state index in [0.29, 0.717) is 11.5 Å². The van der Waals surface area contributed by atoms with E-state index in [4.69, 9.17) is 0 Å². The van der Waals surface area contributed by atoms with Gasteiger partial charge >= 0.3 is 0 Å². The number of benzene rings is 2. The molecule has 1 fully saturated rings. The summed E-state index contributed by atoms with van der Waals surface area (Å²) >= 11 is 0. The van der Waals surface area contributed by atoms with Gasteiger partial charge in [-0.1, -0.05) is 24.3 Å². The molecule has 3 aromatic rings. The number of likely N-dealkylation sites (tertiary alicyclic amines) is 1. The molecule has 3 heterocycles. The molecule has 2 aliphatic rings. The summed E-state index contributed by atoms with van der Waals surface area (Å²) in [4.78, 5) is 26.6. The highest BCUT2D eigenvalue weighted by Crippen LogP contribution is 2.40. The number of anilines is 1. The van der Waals surface area contributed by atoms with Crippen molar-refractivity contribution in [3.05, 3.63) is 87.8 Å². The summed E-state index contributed by atoms with van der Waals surface area (Å²) in [5.74, 6) is 0.612. The predicted molar refractivity (Wildman–Crippen MR) is 128 cm³/mol. The molecule has 5 rings (SSSR count). The van der Waals surface area contributed by atoms with Crippen molar-refractivity contribution in [1.82, 2.24) is 9.47 Å². The topological polar surface area (TPSA) is 78.1 Å². The van der Waals surface area contributed by atoms with Crippen LogP contribution in [0.2, 0.25) is 0 Å². The molecule has 2 atom stereocenters. The van der Waals surface area contributed by atoms with Gasteiger partial charge < -0.3 is 9.88 Å². The molecule has 1 amide bonds. The third-order valence-corrected chi connectivity index (χ3v) is 6.64. The van der Waals surface area contributed by atoms with E-state index in [-0.39, 0.29) is 17.4 Å². The molecule has 6 heteroatoms. The van der Waals surface area contributed by atoms with Crippen molar-refractivity contribution in [2.24, 2.45) is 5.92 Å². The minimum Gasteiger partial charge on any atom is -0.326 e. The average molecular weight is 439 g/mol. The SMILES string of the molecule is CC(=O)Nc1ccc(-c2ccc(=O)n3c2[C@H]2C[C@@H](CN(Cc4cccc(C#N)c4)C2)C3)cc1. The van der Waals surface area contributed by atoms with Gasteiger partial charge in [0.15, 0.2) is 0 Å². The second-order valence-corrected chi connectivity index (χ2v) is 9.14. The first-order valence-electron chi connectivity index (χ1n) is 11.3. The van der Waals surface area contributed by atoms with Crippen molar-refractivity contribution in [3.63, 3.8) is 0 Å². The van der Waals surface area contributed by atoms with Gasteiger partial charge in [0.05, 0.1) is 11.6 Å². The first-order chi connectivity index (χ1) is 16.0. The van der Waals surface area contributed by atoms with Crippen molar-refractivity contribution in [3.8, 4) is 17.2 Å². The Morgan fingerprint density at radius 2 is 1.91 bits per heavy atom. The number of aromatic nitrogens is 1. The first kappa shape index (κ1) is 21.2. The van der Waals surface area contributed by atoms with Crippen molar-refractivity contribution < 1.29 is 4.79 Å². The molecule has 1 aromatic heterocycles. The minimum atomic E-state index is -0.0972. The molecule has 2 bridgehead atoms. The summed E-state index contributed by atoms with van der Waals surface area (Å²) in [7, 11) is 0. The van der Waals surface area contributed by atoms with Gasteiger partial charge in [0, 0.05) is 62.0 Å². The molecule has 33 heavy (non-hydrogen) atoms. The van der Waals surface area contributed by atoms with Crippen LogP contribution in [0, 0.1) is 17.2 Å². The maximum atomic E-state index is 12.8. The Bertz CT molecular complexity index is 1300. The van der Waals surface area contributed by atoms with Crippen molar-refractivity contribution in [2.45, 2.75) is 32.4 Å². The van der Waals surface area contributed by atoms with E-state index in [1.807, 2.05) is 53.1 Å². The fourth-order valence-electron chi connectivity index (χ4n) is 5.42. The minimum absolute atomic E-state index is 0.0634. The molecule has 0 unspecified atom stereocenters. The zero-order chi connectivity index (χ0) is 22.9. The normalized spacial score (nSPS) is 19.4. The third kappa shape index (κ3) is 4.33. The van der Waals surface area contributed by atoms with Crippen molar-refractivity contribution in [2.75, 3.05) is 18.4 Å². The molecule has 2 aliphatic heterocycles. The lowest BCUT2D eigenvalue weighted by Gasteiger charge is -2.43. The van der Waals surface area contributed by atoms with Crippen LogP contribution in [0.4, 0.5) is 5.69 Å². The first-order valence-corrected chi connectivity index (χ1v) is 11.3. The van der Waals surface area contributed by atoms with Crippen molar-refractivity contribution >= 4 is 11.6 Å². The smallest absolute Gasteiger partial charge is 0.250 e. The van der Waals surface area contributed by atoms with Gasteiger partial charge in [0.2, 0.25) is 5.91 Å². The standard InChI is InChI=1S/C27H26N4O2/c1-18(32)29-24-7-5-22(6-8-24)25-9-10-26(33)31-16-21-12-23(27(25)31)17-30(15-21)14-20-4-2-3-19(11-20)13-28/h2-11,21,23H,12,14-17H2,1H3,(H,29,32)/t21-,23-/m0/s1. The largest absolute Gasteiger partial charge is 0.326 e. The zero-order valence-electron chi connectivity index (χ0n) is 18.6. The molecule has 0 spiro atoms. The zero-order valence-corrected chi connectivity index (χ0v) is 18.6. The fourth-order valence-corrected chi connectivity index (χ4v) is 5.42. The Balaban J connectivity index is 1.45. The van der Waals surface area contributed by atoms with E-state index in [1.165, 1.54) is 6.92 Å². The second kappa shape index (κ2) is 8.68. The molecule has 0 aliphatic carbocycles. The number of hydrogen-bond acceptors (Lipinski definition) is 4. The Morgan fingerprint density at radius 3 is 2.67 bits per heavy atom. The van der Waals surface area contributed by atoms with Gasteiger partial charge in [-0.25, -0.2) is 0 Å². The highest BCUT2D eigenvalue weighted by Gasteiger charge is 2.36. The summed E-state index contributed by atoms with van der Waals surface area (Å²) in [6.45, 7) is 4.87. The number of piperidine rings is 1. The van der Waals surface area contributed by atoms with E-state index in [9.17, 15) is 14.9 Å². The molecular weight excluding hydrogens is 412 g/mol. The summed E-state index contributed by atoms with van der Waals surface area (Å²) < 4.78 is 1.98. The maximum Gasteiger partial charge on any atom is 0.250 e. The number of amides is 1. The molecule has 1 saturated heterocycles. The van der Waals surface area contributed by atoms with E-state index < -0.39 is 0 Å². The van der Waals surface area contributed by atoms with E-state index in [1.54, 1.807) is 6.07 Å². The fraction of sp³-hybridized carbons (Fsp3) is 0.296. The van der Waals surface area contributed by atoms with Gasteiger partial charge in [0.1, 0.15) is 0 Å². The van der Waals surface area contributed by atoms with Gasteiger partial charge in [-0.15, -0.1) is 0 Å². The lowest BCUT2D eigenvalue weighted by atomic mass is 9.80. The average Bonchev–Trinajstić information content (AvgIpc) is 2.80. The molecule has 2 aromatic carbocycles. The van der Waals surface area contributed by atoms with Gasteiger partial charge in [-0.05, 0) is 53.8 Å². The summed E-state index contributed by atoms with van der Waals surface area (Å²) in [6.07, 6.45) is 1.08. The quantitative estimate of drug-likeness (QED) is 0.669. The second-order valence-electron chi connectivity index (χ2n) is 9.14. The van der Waals surface area contributed by atoms with Crippen LogP contribution in [0.15, 0.2) is 65.5 Å². The Hall–Kier alpha value is -3.69. The van der Waals surface area contributed by atoms with E-state index in [2.05, 4.69) is 22.4 Å². The van der Waals surface area contributed by atoms with Crippen LogP contribution in [0.1, 0.15) is 36.1 Å². The number of carbonyl (C=O) groups is 1. The van der Waals surface area contributed by atoms with Crippen LogP contribution in [-0.2, 0) is 17.9 Å². The number of nitrogens with zero attached hydrogens (tertiary/aromatic N) is 3. The highest BCUT2D eigenvalue weighted by atomic mass is 16.1. The number of rotatable bonds is 4. The molecule has 1 N–H and O–H groups in total. The summed E-state index contributed by atoms with van der Waals surface area (Å²) in [5.41, 5.74) is 5.90. The lowest BCUT2D eigenvalue weighted by molar-refractivity contribution is -0.114. The van der Waals surface area contributed by atoms with Crippen LogP contribution in [0.25, 0.3) is 11.1 Å². The number of hydrogen-bond donors (Lipinski definition) is 1. The van der Waals surface area contributed by atoms with Crippen LogP contribution in [0.5, 0.6) is 0 Å². The molecule has 0 radical (unpaired) electrons. The Morgan fingerprint density at radius 1 is 1.09 bits per heavy atom. The van der Waals surface area contributed by atoms with Gasteiger partial charge in [-0.2, -0.15) is 5.26 Å². The number of carbonyl (C=O) groups excluding carboxylic acids is 1. The summed E-state index contributed by atoms with van der Waals surface area (Å²) in [6, 6.07) is 21.5. The number of pyridine rings is 1. The maximum absolute atomic E-state index is 12.8. The van der Waals surface area contributed by atoms with Crippen molar-refractivity contribution in [1.29, 1.82) is 5.26 Å². The molecule has 6 nitrogen and oxygen atoms in total. The van der Waals surface area contributed by atoms with E-state index >= 15 is 0 Å². The highest BCUT2D eigenvalue weighted by molar-refractivity contribution is 5.89. The third-order valence-electron chi connectivity index (χ3n) is 6.64. The predicted octanol–water partition coefficient (Wildman–Crippen LogP) is 3.96. The summed E-state index contributed by atoms with van der Waals surface area (Å²) in [5, 5.41) is 12.0. The van der Waals surface area contributed by atoms with Crippen LogP contribution in [-0.4, -0.2) is 28.5 Å². The Labute approximate surface area is 193 Å². The molecule has 0 saturated carbocycles. The van der Waals surface area contributed by atoms with Crippen LogP contribution >= 0.6 is 0 Å². The number of nitrogens with one attached hydrogen (secondary N) is 1. The number of nitriles is 1.